The molecule has 0 spiro atoms. The monoisotopic (exact) mass is 260 g/mol. The van der Waals surface area contributed by atoms with E-state index in [0.717, 1.165) is 5.56 Å². The first kappa shape index (κ1) is 13.5. The van der Waals surface area contributed by atoms with E-state index in [9.17, 15) is 18.3 Å². The molecule has 0 aliphatic rings. The van der Waals surface area contributed by atoms with Gasteiger partial charge in [0, 0.05) is 0 Å². The van der Waals surface area contributed by atoms with Crippen LogP contribution in [0.25, 0.3) is 0 Å². The van der Waals surface area contributed by atoms with Crippen molar-refractivity contribution in [1.82, 2.24) is 0 Å². The maximum atomic E-state index is 11.4. The Balaban J connectivity index is 2.67. The Kier molecular flexibility index (Phi) is 4.08. The molecule has 1 rings (SSSR count). The summed E-state index contributed by atoms with van der Waals surface area (Å²) < 4.78 is 33.8. The highest BCUT2D eigenvalue weighted by atomic mass is 32.2. The molecule has 0 atom stereocenters. The van der Waals surface area contributed by atoms with Crippen LogP contribution < -0.4 is 0 Å². The molecule has 0 amide bonds. The largest absolute Gasteiger partial charge is 0.507 e. The fourth-order valence-electron chi connectivity index (χ4n) is 1.13. The highest BCUT2D eigenvalue weighted by Gasteiger charge is 2.14. The van der Waals surface area contributed by atoms with Crippen LogP contribution in [0.2, 0.25) is 0 Å². The zero-order valence-electron chi connectivity index (χ0n) is 9.08. The molecule has 7 heteroatoms. The van der Waals surface area contributed by atoms with E-state index < -0.39 is 28.4 Å². The predicted octanol–water partition coefficient (Wildman–Crippen LogP) is 0.745. The molecule has 94 valence electrons. The van der Waals surface area contributed by atoms with Crippen LogP contribution in [-0.4, -0.2) is 36.4 Å². The zero-order valence-corrected chi connectivity index (χ0v) is 9.90. The Morgan fingerprint density at radius 2 is 2.06 bits per heavy atom. The summed E-state index contributed by atoms with van der Waals surface area (Å²) in [7, 11) is -4.16. The van der Waals surface area contributed by atoms with Crippen LogP contribution in [0.5, 0.6) is 5.75 Å². The first-order valence-electron chi connectivity index (χ1n) is 4.71. The predicted molar refractivity (Wildman–Crippen MR) is 59.5 cm³/mol. The fraction of sp³-hybridized carbons (Fsp3) is 0.300. The van der Waals surface area contributed by atoms with Crippen LogP contribution in [0, 0.1) is 6.92 Å². The summed E-state index contributed by atoms with van der Waals surface area (Å²) in [5.41, 5.74) is 0.713. The molecule has 0 unspecified atom stereocenters. The molecule has 1 aromatic rings. The summed E-state index contributed by atoms with van der Waals surface area (Å²) in [6, 6.07) is 4.38. The third-order valence-corrected chi connectivity index (χ3v) is 2.63. The Morgan fingerprint density at radius 3 is 2.65 bits per heavy atom. The van der Waals surface area contributed by atoms with Crippen LogP contribution in [0.4, 0.5) is 0 Å². The van der Waals surface area contributed by atoms with Crippen LogP contribution >= 0.6 is 0 Å². The third-order valence-electron chi connectivity index (χ3n) is 1.95. The SMILES string of the molecule is Cc1ccc(O)c(C(=O)OCCS(=O)(=O)O)c1. The Bertz CT molecular complexity index is 520. The van der Waals surface area contributed by atoms with Gasteiger partial charge in [-0.05, 0) is 19.1 Å². The number of aryl methyl sites for hydroxylation is 1. The second kappa shape index (κ2) is 5.15. The quantitative estimate of drug-likeness (QED) is 0.611. The molecular formula is C10H12O6S. The van der Waals surface area contributed by atoms with Crippen LogP contribution in [0.1, 0.15) is 15.9 Å². The Hall–Kier alpha value is -1.60. The lowest BCUT2D eigenvalue weighted by Gasteiger charge is -2.06. The number of rotatable bonds is 4. The second-order valence-corrected chi connectivity index (χ2v) is 5.01. The zero-order chi connectivity index (χ0) is 13.1. The summed E-state index contributed by atoms with van der Waals surface area (Å²) in [4.78, 5) is 11.4. The molecular weight excluding hydrogens is 248 g/mol. The minimum absolute atomic E-state index is 0.0414. The van der Waals surface area contributed by atoms with Crippen LogP contribution in [-0.2, 0) is 14.9 Å². The Labute approximate surface area is 98.6 Å². The highest BCUT2D eigenvalue weighted by Crippen LogP contribution is 2.18. The van der Waals surface area contributed by atoms with Gasteiger partial charge < -0.3 is 9.84 Å². The van der Waals surface area contributed by atoms with Gasteiger partial charge in [-0.3, -0.25) is 4.55 Å². The van der Waals surface area contributed by atoms with Gasteiger partial charge in [-0.1, -0.05) is 11.6 Å². The highest BCUT2D eigenvalue weighted by molar-refractivity contribution is 7.85. The molecule has 1 aromatic carbocycles. The topological polar surface area (TPSA) is 101 Å². The van der Waals surface area contributed by atoms with Gasteiger partial charge in [0.1, 0.15) is 23.7 Å². The maximum Gasteiger partial charge on any atom is 0.341 e. The fourth-order valence-corrected chi connectivity index (χ4v) is 1.42. The van der Waals surface area contributed by atoms with E-state index in [0.29, 0.717) is 0 Å². The van der Waals surface area contributed by atoms with E-state index in [1.54, 1.807) is 13.0 Å². The van der Waals surface area contributed by atoms with Crippen molar-refractivity contribution in [2.24, 2.45) is 0 Å². The van der Waals surface area contributed by atoms with Crippen molar-refractivity contribution in [2.45, 2.75) is 6.92 Å². The number of aromatic hydroxyl groups is 1. The summed E-state index contributed by atoms with van der Waals surface area (Å²) in [6.45, 7) is 1.26. The normalized spacial score (nSPS) is 11.2. The number of ether oxygens (including phenoxy) is 1. The number of phenolic OH excluding ortho intramolecular Hbond substituents is 1. The van der Waals surface area contributed by atoms with Crippen molar-refractivity contribution < 1.29 is 27.6 Å². The van der Waals surface area contributed by atoms with E-state index in [-0.39, 0.29) is 11.3 Å². The number of carbonyl (C=O) groups excluding carboxylic acids is 1. The average molecular weight is 260 g/mol. The molecule has 0 aliphatic heterocycles. The van der Waals surface area contributed by atoms with E-state index in [2.05, 4.69) is 4.74 Å². The molecule has 6 nitrogen and oxygen atoms in total. The lowest BCUT2D eigenvalue weighted by atomic mass is 10.1. The third kappa shape index (κ3) is 4.41. The summed E-state index contributed by atoms with van der Waals surface area (Å²) in [5, 5.41) is 9.40. The van der Waals surface area contributed by atoms with Crippen molar-refractivity contribution in [1.29, 1.82) is 0 Å². The van der Waals surface area contributed by atoms with Gasteiger partial charge in [0.15, 0.2) is 0 Å². The maximum absolute atomic E-state index is 11.4. The molecule has 2 N–H and O–H groups in total. The minimum atomic E-state index is -4.16. The van der Waals surface area contributed by atoms with E-state index in [1.165, 1.54) is 12.1 Å². The van der Waals surface area contributed by atoms with Gasteiger partial charge in [0.05, 0.1) is 0 Å². The van der Waals surface area contributed by atoms with Crippen LogP contribution in [0.3, 0.4) is 0 Å². The van der Waals surface area contributed by atoms with Crippen molar-refractivity contribution in [3.8, 4) is 5.75 Å². The molecule has 0 aliphatic carbocycles. The lowest BCUT2D eigenvalue weighted by molar-refractivity contribution is 0.0525. The molecule has 0 saturated heterocycles. The number of hydrogen-bond acceptors (Lipinski definition) is 5. The second-order valence-electron chi connectivity index (χ2n) is 3.44. The van der Waals surface area contributed by atoms with E-state index >= 15 is 0 Å². The Morgan fingerprint density at radius 1 is 1.41 bits per heavy atom. The van der Waals surface area contributed by atoms with Gasteiger partial charge in [0.25, 0.3) is 10.1 Å². The molecule has 0 saturated carbocycles. The summed E-state index contributed by atoms with van der Waals surface area (Å²) in [6.07, 6.45) is 0. The van der Waals surface area contributed by atoms with Crippen molar-refractivity contribution in [2.75, 3.05) is 12.4 Å². The number of benzene rings is 1. The number of esters is 1. The molecule has 0 bridgehead atoms. The molecule has 17 heavy (non-hydrogen) atoms. The number of hydrogen-bond donors (Lipinski definition) is 2. The van der Waals surface area contributed by atoms with Crippen molar-refractivity contribution >= 4 is 16.1 Å². The van der Waals surface area contributed by atoms with E-state index in [4.69, 9.17) is 4.55 Å². The van der Waals surface area contributed by atoms with E-state index in [1.807, 2.05) is 0 Å². The molecule has 0 aromatic heterocycles. The van der Waals surface area contributed by atoms with Crippen molar-refractivity contribution in [3.05, 3.63) is 29.3 Å². The van der Waals surface area contributed by atoms with Gasteiger partial charge >= 0.3 is 5.97 Å². The van der Waals surface area contributed by atoms with Gasteiger partial charge in [0.2, 0.25) is 0 Å². The van der Waals surface area contributed by atoms with Gasteiger partial charge in [-0.25, -0.2) is 4.79 Å². The van der Waals surface area contributed by atoms with Gasteiger partial charge in [-0.2, -0.15) is 8.42 Å². The lowest BCUT2D eigenvalue weighted by Crippen LogP contribution is -2.14. The smallest absolute Gasteiger partial charge is 0.341 e. The molecule has 0 fully saturated rings. The molecule has 0 heterocycles. The average Bonchev–Trinajstić information content (AvgIpc) is 2.19. The first-order valence-corrected chi connectivity index (χ1v) is 6.32. The molecule has 0 radical (unpaired) electrons. The summed E-state index contributed by atoms with van der Waals surface area (Å²) in [5.74, 6) is -1.76. The van der Waals surface area contributed by atoms with Gasteiger partial charge in [-0.15, -0.1) is 0 Å². The standard InChI is InChI=1S/C10H12O6S/c1-7-2-3-9(11)8(6-7)10(12)16-4-5-17(13,14)15/h2-3,6,11H,4-5H2,1H3,(H,13,14,15). The van der Waals surface area contributed by atoms with Crippen LogP contribution in [0.15, 0.2) is 18.2 Å². The summed E-state index contributed by atoms with van der Waals surface area (Å²) >= 11 is 0. The first-order chi connectivity index (χ1) is 7.79. The minimum Gasteiger partial charge on any atom is -0.507 e. The number of carbonyl (C=O) groups is 1. The van der Waals surface area contributed by atoms with Crippen molar-refractivity contribution in [3.63, 3.8) is 0 Å². The number of phenols is 1.